The molecular weight excluding hydrogens is 546 g/mol. The highest BCUT2D eigenvalue weighted by atomic mass is 16.3. The lowest BCUT2D eigenvalue weighted by Gasteiger charge is -2.23. The fourth-order valence-corrected chi connectivity index (χ4v) is 5.99. The van der Waals surface area contributed by atoms with E-state index in [0.29, 0.717) is 12.8 Å². The molecule has 0 rings (SSSR count). The molecule has 1 amide bonds. The second-order valence-corrected chi connectivity index (χ2v) is 13.5. The van der Waals surface area contributed by atoms with Crippen LogP contribution < -0.4 is 5.32 Å². The number of aliphatic hydroxyl groups excluding tert-OH is 3. The number of nitrogens with one attached hydrogen (secondary N) is 1. The Morgan fingerprint density at radius 3 is 1.32 bits per heavy atom. The molecule has 3 unspecified atom stereocenters. The summed E-state index contributed by atoms with van der Waals surface area (Å²) in [6.45, 7) is 4.17. The van der Waals surface area contributed by atoms with Crippen LogP contribution in [0.25, 0.3) is 0 Å². The molecule has 0 aromatic heterocycles. The van der Waals surface area contributed by atoms with Crippen molar-refractivity contribution in [2.75, 3.05) is 6.61 Å². The van der Waals surface area contributed by atoms with Gasteiger partial charge in [-0.05, 0) is 32.1 Å². The first-order valence-electron chi connectivity index (χ1n) is 19.5. The van der Waals surface area contributed by atoms with Crippen LogP contribution in [-0.4, -0.2) is 46.1 Å². The molecule has 44 heavy (non-hydrogen) atoms. The average Bonchev–Trinajstić information content (AvgIpc) is 3.03. The standard InChI is InChI=1S/C39H77NO4/c1-3-5-7-9-11-13-14-15-16-17-18-19-20-21-22-23-24-26-27-29-31-33-37(42)36(35-41)40-39(44)38(43)34-32-30-28-25-12-10-8-6-4-2/h10,12,36-38,41-43H,3-9,11,13-35H2,1-2H3,(H,40,44)/b12-10-. The number of hydrogen-bond acceptors (Lipinski definition) is 4. The fraction of sp³-hybridized carbons (Fsp3) is 0.923. The van der Waals surface area contributed by atoms with Crippen molar-refractivity contribution in [3.8, 4) is 0 Å². The first-order chi connectivity index (χ1) is 21.6. The Morgan fingerprint density at radius 2 is 0.886 bits per heavy atom. The summed E-state index contributed by atoms with van der Waals surface area (Å²) >= 11 is 0. The van der Waals surface area contributed by atoms with Crippen molar-refractivity contribution in [2.45, 2.75) is 225 Å². The molecule has 0 aliphatic carbocycles. The van der Waals surface area contributed by atoms with Crippen LogP contribution in [-0.2, 0) is 4.79 Å². The molecule has 0 aliphatic rings. The maximum Gasteiger partial charge on any atom is 0.249 e. The summed E-state index contributed by atoms with van der Waals surface area (Å²) in [4.78, 5) is 12.4. The Labute approximate surface area is 274 Å². The van der Waals surface area contributed by atoms with E-state index in [1.807, 2.05) is 0 Å². The van der Waals surface area contributed by atoms with E-state index >= 15 is 0 Å². The molecule has 0 spiro atoms. The summed E-state index contributed by atoms with van der Waals surface area (Å²) in [7, 11) is 0. The minimum atomic E-state index is -1.08. The topological polar surface area (TPSA) is 89.8 Å². The Bertz CT molecular complexity index is 611. The van der Waals surface area contributed by atoms with Gasteiger partial charge in [0.15, 0.2) is 0 Å². The maximum absolute atomic E-state index is 12.4. The predicted octanol–water partition coefficient (Wildman–Crippen LogP) is 10.5. The fourth-order valence-electron chi connectivity index (χ4n) is 5.99. The molecule has 0 aromatic carbocycles. The molecular formula is C39H77NO4. The van der Waals surface area contributed by atoms with E-state index in [2.05, 4.69) is 31.3 Å². The monoisotopic (exact) mass is 624 g/mol. The maximum atomic E-state index is 12.4. The van der Waals surface area contributed by atoms with Crippen LogP contribution in [0.3, 0.4) is 0 Å². The van der Waals surface area contributed by atoms with Crippen LogP contribution >= 0.6 is 0 Å². The first-order valence-corrected chi connectivity index (χ1v) is 19.5. The zero-order valence-electron chi connectivity index (χ0n) is 29.6. The molecule has 5 nitrogen and oxygen atoms in total. The highest BCUT2D eigenvalue weighted by Crippen LogP contribution is 2.16. The van der Waals surface area contributed by atoms with Crippen LogP contribution in [0.4, 0.5) is 0 Å². The summed E-state index contributed by atoms with van der Waals surface area (Å²) in [5.74, 6) is -0.485. The molecule has 0 aliphatic heterocycles. The van der Waals surface area contributed by atoms with E-state index in [1.54, 1.807) is 0 Å². The zero-order chi connectivity index (χ0) is 32.4. The third-order valence-electron chi connectivity index (χ3n) is 9.13. The van der Waals surface area contributed by atoms with Gasteiger partial charge >= 0.3 is 0 Å². The van der Waals surface area contributed by atoms with Gasteiger partial charge in [-0.25, -0.2) is 0 Å². The van der Waals surface area contributed by atoms with E-state index in [1.165, 1.54) is 135 Å². The summed E-state index contributed by atoms with van der Waals surface area (Å²) in [6.07, 6.45) is 39.3. The van der Waals surface area contributed by atoms with Gasteiger partial charge in [0.25, 0.3) is 0 Å². The van der Waals surface area contributed by atoms with Crippen LogP contribution in [0.2, 0.25) is 0 Å². The largest absolute Gasteiger partial charge is 0.394 e. The van der Waals surface area contributed by atoms with Crippen LogP contribution in [0, 0.1) is 0 Å². The molecule has 0 radical (unpaired) electrons. The second-order valence-electron chi connectivity index (χ2n) is 13.5. The van der Waals surface area contributed by atoms with Crippen molar-refractivity contribution >= 4 is 5.91 Å². The van der Waals surface area contributed by atoms with Gasteiger partial charge < -0.3 is 20.6 Å². The molecule has 262 valence electrons. The lowest BCUT2D eigenvalue weighted by atomic mass is 10.0. The molecule has 0 fully saturated rings. The molecule has 0 bridgehead atoms. The van der Waals surface area contributed by atoms with E-state index in [9.17, 15) is 20.1 Å². The highest BCUT2D eigenvalue weighted by molar-refractivity contribution is 5.80. The van der Waals surface area contributed by atoms with Crippen LogP contribution in [0.15, 0.2) is 12.2 Å². The predicted molar refractivity (Wildman–Crippen MR) is 190 cm³/mol. The zero-order valence-corrected chi connectivity index (χ0v) is 29.6. The molecule has 0 aromatic rings. The molecule has 0 saturated carbocycles. The van der Waals surface area contributed by atoms with Crippen molar-refractivity contribution in [1.82, 2.24) is 5.32 Å². The molecule has 5 heteroatoms. The van der Waals surface area contributed by atoms with E-state index in [0.717, 1.165) is 44.9 Å². The first kappa shape index (κ1) is 43.1. The highest BCUT2D eigenvalue weighted by Gasteiger charge is 2.23. The summed E-state index contributed by atoms with van der Waals surface area (Å²) in [5.41, 5.74) is 0. The van der Waals surface area contributed by atoms with E-state index < -0.39 is 24.2 Å². The second kappa shape index (κ2) is 35.0. The Balaban J connectivity index is 3.58. The Morgan fingerprint density at radius 1 is 0.523 bits per heavy atom. The number of carbonyl (C=O) groups excluding carboxylic acids is 1. The minimum Gasteiger partial charge on any atom is -0.394 e. The average molecular weight is 624 g/mol. The van der Waals surface area contributed by atoms with Gasteiger partial charge in [-0.2, -0.15) is 0 Å². The van der Waals surface area contributed by atoms with Crippen LogP contribution in [0.1, 0.15) is 206 Å². The third-order valence-corrected chi connectivity index (χ3v) is 9.13. The number of hydrogen-bond donors (Lipinski definition) is 4. The van der Waals surface area contributed by atoms with Crippen molar-refractivity contribution in [3.05, 3.63) is 12.2 Å². The van der Waals surface area contributed by atoms with Crippen LogP contribution in [0.5, 0.6) is 0 Å². The summed E-state index contributed by atoms with van der Waals surface area (Å²) in [5, 5.41) is 33.0. The van der Waals surface area contributed by atoms with E-state index in [-0.39, 0.29) is 6.61 Å². The number of rotatable bonds is 35. The number of aliphatic hydroxyl groups is 3. The Hall–Kier alpha value is -0.910. The lowest BCUT2D eigenvalue weighted by Crippen LogP contribution is -2.49. The number of carbonyl (C=O) groups is 1. The lowest BCUT2D eigenvalue weighted by molar-refractivity contribution is -0.131. The summed E-state index contributed by atoms with van der Waals surface area (Å²) < 4.78 is 0. The van der Waals surface area contributed by atoms with Crippen molar-refractivity contribution in [3.63, 3.8) is 0 Å². The quantitative estimate of drug-likeness (QED) is 0.0418. The number of allylic oxidation sites excluding steroid dienone is 2. The van der Waals surface area contributed by atoms with Crippen molar-refractivity contribution in [2.24, 2.45) is 0 Å². The van der Waals surface area contributed by atoms with Gasteiger partial charge in [0.1, 0.15) is 6.10 Å². The van der Waals surface area contributed by atoms with Gasteiger partial charge in [-0.15, -0.1) is 0 Å². The summed E-state index contributed by atoms with van der Waals surface area (Å²) in [6, 6.07) is -0.712. The normalized spacial score (nSPS) is 13.8. The van der Waals surface area contributed by atoms with Crippen molar-refractivity contribution in [1.29, 1.82) is 0 Å². The van der Waals surface area contributed by atoms with Crippen molar-refractivity contribution < 1.29 is 20.1 Å². The molecule has 4 N–H and O–H groups in total. The molecule has 0 heterocycles. The van der Waals surface area contributed by atoms with Gasteiger partial charge in [0, 0.05) is 0 Å². The number of unbranched alkanes of at least 4 members (excludes halogenated alkanes) is 25. The van der Waals surface area contributed by atoms with Gasteiger partial charge in [-0.3, -0.25) is 4.79 Å². The SMILES string of the molecule is CCCC/C=C\CCCCCC(O)C(=O)NC(CO)C(O)CCCCCCCCCCCCCCCCCCCCCCC. The van der Waals surface area contributed by atoms with Gasteiger partial charge in [-0.1, -0.05) is 187 Å². The van der Waals surface area contributed by atoms with Gasteiger partial charge in [0.05, 0.1) is 18.8 Å². The number of amides is 1. The smallest absolute Gasteiger partial charge is 0.249 e. The van der Waals surface area contributed by atoms with Gasteiger partial charge in [0.2, 0.25) is 5.91 Å². The van der Waals surface area contributed by atoms with E-state index in [4.69, 9.17) is 0 Å². The minimum absolute atomic E-state index is 0.316. The molecule has 3 atom stereocenters. The Kier molecular flexibility index (Phi) is 34.2. The third kappa shape index (κ3) is 29.8. The molecule has 0 saturated heterocycles.